The summed E-state index contributed by atoms with van der Waals surface area (Å²) in [5, 5.41) is 8.73. The molecule has 0 heterocycles. The van der Waals surface area contributed by atoms with E-state index in [2.05, 4.69) is 21.4 Å². The average molecular weight is 260 g/mol. The molecule has 78 valence electrons. The van der Waals surface area contributed by atoms with Crippen LogP contribution in [-0.4, -0.2) is 12.3 Å². The molecule has 4 heteroatoms. The molecule has 0 aliphatic heterocycles. The summed E-state index contributed by atoms with van der Waals surface area (Å²) in [4.78, 5) is 0. The molecule has 1 aromatic rings. The molecule has 0 aromatic heterocycles. The Balaban J connectivity index is 3.32. The van der Waals surface area contributed by atoms with Crippen LogP contribution in [0.3, 0.4) is 0 Å². The highest BCUT2D eigenvalue weighted by atomic mass is 79.9. The zero-order valence-corrected chi connectivity index (χ0v) is 10.1. The summed E-state index contributed by atoms with van der Waals surface area (Å²) in [6, 6.07) is 2.01. The van der Waals surface area contributed by atoms with Crippen LogP contribution in [0.5, 0.6) is 5.75 Å². The first-order valence-electron chi connectivity index (χ1n) is 4.31. The van der Waals surface area contributed by atoms with Crippen LogP contribution in [0.25, 0.3) is 0 Å². The second-order valence-corrected chi connectivity index (χ2v) is 4.00. The lowest BCUT2D eigenvalue weighted by Crippen LogP contribution is -2.10. The molecule has 0 radical (unpaired) electrons. The molecule has 0 spiro atoms. The Morgan fingerprint density at radius 2 is 2.14 bits per heavy atom. The second-order valence-electron chi connectivity index (χ2n) is 3.15. The fourth-order valence-corrected chi connectivity index (χ4v) is 2.17. The van der Waals surface area contributed by atoms with E-state index in [0.29, 0.717) is 6.54 Å². The van der Waals surface area contributed by atoms with Crippen molar-refractivity contribution in [1.29, 1.82) is 0 Å². The Labute approximate surface area is 92.2 Å². The fraction of sp³-hybridized carbons (Fsp3) is 0.400. The lowest BCUT2D eigenvalue weighted by atomic mass is 10.0. The normalized spacial score (nSPS) is 10.4. The molecule has 0 atom stereocenters. The first kappa shape index (κ1) is 11.5. The summed E-state index contributed by atoms with van der Waals surface area (Å²) in [7, 11) is 1.62. The van der Waals surface area contributed by atoms with Gasteiger partial charge in [0.15, 0.2) is 0 Å². The quantitative estimate of drug-likeness (QED) is 0.820. The first-order valence-corrected chi connectivity index (χ1v) is 5.10. The highest BCUT2D eigenvalue weighted by Crippen LogP contribution is 2.33. The van der Waals surface area contributed by atoms with Crippen LogP contribution >= 0.6 is 15.9 Å². The van der Waals surface area contributed by atoms with Gasteiger partial charge in [0.25, 0.3) is 0 Å². The maximum atomic E-state index is 8.73. The van der Waals surface area contributed by atoms with Crippen molar-refractivity contribution in [3.8, 4) is 5.75 Å². The molecule has 1 rings (SSSR count). The Bertz CT molecular complexity index is 339. The van der Waals surface area contributed by atoms with E-state index in [4.69, 9.17) is 9.94 Å². The van der Waals surface area contributed by atoms with Gasteiger partial charge in [-0.3, -0.25) is 0 Å². The van der Waals surface area contributed by atoms with Crippen LogP contribution in [-0.2, 0) is 6.54 Å². The van der Waals surface area contributed by atoms with E-state index in [-0.39, 0.29) is 0 Å². The van der Waals surface area contributed by atoms with Crippen molar-refractivity contribution in [2.24, 2.45) is 0 Å². The minimum Gasteiger partial charge on any atom is -0.495 e. The van der Waals surface area contributed by atoms with Gasteiger partial charge in [0, 0.05) is 12.1 Å². The molecule has 0 saturated carbocycles. The smallest absolute Gasteiger partial charge is 0.137 e. The minimum absolute atomic E-state index is 0.384. The van der Waals surface area contributed by atoms with Crippen LogP contribution in [0, 0.1) is 13.8 Å². The summed E-state index contributed by atoms with van der Waals surface area (Å²) < 4.78 is 6.18. The average Bonchev–Trinajstić information content (AvgIpc) is 2.14. The summed E-state index contributed by atoms with van der Waals surface area (Å²) in [6.07, 6.45) is 0. The van der Waals surface area contributed by atoms with E-state index in [9.17, 15) is 0 Å². The third kappa shape index (κ3) is 2.08. The first-order chi connectivity index (χ1) is 6.61. The number of hydroxylamine groups is 1. The van der Waals surface area contributed by atoms with Gasteiger partial charge in [-0.05, 0) is 47.0 Å². The molecule has 0 saturated heterocycles. The number of methoxy groups -OCH3 is 1. The minimum atomic E-state index is 0.384. The van der Waals surface area contributed by atoms with Gasteiger partial charge in [-0.15, -0.1) is 0 Å². The number of hydrogen-bond acceptors (Lipinski definition) is 3. The maximum Gasteiger partial charge on any atom is 0.137 e. The van der Waals surface area contributed by atoms with Crippen LogP contribution in [0.15, 0.2) is 10.5 Å². The largest absolute Gasteiger partial charge is 0.495 e. The summed E-state index contributed by atoms with van der Waals surface area (Å²) in [5.41, 5.74) is 5.43. The molecular formula is C10H14BrNO2. The number of nitrogens with one attached hydrogen (secondary N) is 1. The molecule has 0 bridgehead atoms. The van der Waals surface area contributed by atoms with Gasteiger partial charge in [0.05, 0.1) is 11.6 Å². The van der Waals surface area contributed by atoms with Crippen LogP contribution in [0.4, 0.5) is 0 Å². The van der Waals surface area contributed by atoms with Crippen LogP contribution < -0.4 is 10.2 Å². The van der Waals surface area contributed by atoms with Crippen molar-refractivity contribution in [3.05, 3.63) is 27.2 Å². The molecule has 0 unspecified atom stereocenters. The molecule has 0 aliphatic rings. The van der Waals surface area contributed by atoms with Gasteiger partial charge < -0.3 is 9.94 Å². The van der Waals surface area contributed by atoms with Gasteiger partial charge >= 0.3 is 0 Å². The zero-order valence-electron chi connectivity index (χ0n) is 8.52. The van der Waals surface area contributed by atoms with E-state index in [1.54, 1.807) is 7.11 Å². The Morgan fingerprint density at radius 1 is 1.50 bits per heavy atom. The van der Waals surface area contributed by atoms with Crippen molar-refractivity contribution in [3.63, 3.8) is 0 Å². The van der Waals surface area contributed by atoms with E-state index in [0.717, 1.165) is 21.3 Å². The third-order valence-corrected chi connectivity index (χ3v) is 2.93. The van der Waals surface area contributed by atoms with E-state index in [1.807, 2.05) is 19.9 Å². The lowest BCUT2D eigenvalue weighted by Gasteiger charge is -2.14. The molecular weight excluding hydrogens is 246 g/mol. The zero-order chi connectivity index (χ0) is 10.7. The molecule has 14 heavy (non-hydrogen) atoms. The van der Waals surface area contributed by atoms with E-state index in [1.165, 1.54) is 5.56 Å². The highest BCUT2D eigenvalue weighted by molar-refractivity contribution is 9.10. The number of benzene rings is 1. The van der Waals surface area contributed by atoms with Gasteiger partial charge in [-0.1, -0.05) is 0 Å². The van der Waals surface area contributed by atoms with Crippen LogP contribution in [0.2, 0.25) is 0 Å². The molecule has 2 N–H and O–H groups in total. The summed E-state index contributed by atoms with van der Waals surface area (Å²) >= 11 is 3.43. The van der Waals surface area contributed by atoms with Crippen molar-refractivity contribution in [2.75, 3.05) is 7.11 Å². The highest BCUT2D eigenvalue weighted by Gasteiger charge is 2.12. The molecule has 0 amide bonds. The molecule has 1 aromatic carbocycles. The predicted molar refractivity (Wildman–Crippen MR) is 58.8 cm³/mol. The maximum absolute atomic E-state index is 8.73. The standard InChI is InChI=1S/C10H14BrNO2/c1-6-4-9(11)10(14-3)8(5-12-13)7(6)2/h4,12-13H,5H2,1-3H3. The number of hydrogen-bond donors (Lipinski definition) is 2. The van der Waals surface area contributed by atoms with Gasteiger partial charge in [0.2, 0.25) is 0 Å². The second kappa shape index (κ2) is 4.77. The molecule has 3 nitrogen and oxygen atoms in total. The van der Waals surface area contributed by atoms with Crippen molar-refractivity contribution < 1.29 is 9.94 Å². The summed E-state index contributed by atoms with van der Waals surface area (Å²) in [6.45, 7) is 4.42. The van der Waals surface area contributed by atoms with E-state index < -0.39 is 0 Å². The Morgan fingerprint density at radius 3 is 2.64 bits per heavy atom. The number of ether oxygens (including phenoxy) is 1. The van der Waals surface area contributed by atoms with Crippen molar-refractivity contribution in [2.45, 2.75) is 20.4 Å². The van der Waals surface area contributed by atoms with Gasteiger partial charge in [0.1, 0.15) is 5.75 Å². The Hall–Kier alpha value is -0.580. The third-order valence-electron chi connectivity index (χ3n) is 2.34. The lowest BCUT2D eigenvalue weighted by molar-refractivity contribution is 0.160. The number of aryl methyl sites for hydroxylation is 1. The Kier molecular flexibility index (Phi) is 3.92. The number of rotatable bonds is 3. The van der Waals surface area contributed by atoms with E-state index >= 15 is 0 Å². The van der Waals surface area contributed by atoms with Crippen molar-refractivity contribution in [1.82, 2.24) is 5.48 Å². The molecule has 0 fully saturated rings. The monoisotopic (exact) mass is 259 g/mol. The SMILES string of the molecule is COc1c(Br)cc(C)c(C)c1CNO. The van der Waals surface area contributed by atoms with Crippen molar-refractivity contribution >= 4 is 15.9 Å². The topological polar surface area (TPSA) is 41.5 Å². The fourth-order valence-electron chi connectivity index (χ4n) is 1.43. The molecule has 0 aliphatic carbocycles. The van der Waals surface area contributed by atoms with Crippen LogP contribution in [0.1, 0.15) is 16.7 Å². The number of halogens is 1. The van der Waals surface area contributed by atoms with Gasteiger partial charge in [-0.2, -0.15) is 0 Å². The predicted octanol–water partition coefficient (Wildman–Crippen LogP) is 2.55. The summed E-state index contributed by atoms with van der Waals surface area (Å²) in [5.74, 6) is 0.773. The van der Waals surface area contributed by atoms with Gasteiger partial charge in [-0.25, -0.2) is 5.48 Å².